The number of anilines is 1. The SMILES string of the molecule is CCN(CC(=O)Nc1c(F)cccc1F)C(C)C(=O)NCc1ccc(Cl)cc1. The quantitative estimate of drug-likeness (QED) is 0.700. The molecule has 0 aliphatic carbocycles. The van der Waals surface area contributed by atoms with Gasteiger partial charge in [0.25, 0.3) is 0 Å². The molecule has 150 valence electrons. The first-order valence-corrected chi connectivity index (χ1v) is 9.19. The molecule has 28 heavy (non-hydrogen) atoms. The molecule has 0 bridgehead atoms. The van der Waals surface area contributed by atoms with E-state index < -0.39 is 29.3 Å². The highest BCUT2D eigenvalue weighted by Crippen LogP contribution is 2.18. The number of benzene rings is 2. The standard InChI is InChI=1S/C20H22ClF2N3O2/c1-3-26(12-18(27)25-19-16(22)5-4-6-17(19)23)13(2)20(28)24-11-14-7-9-15(21)10-8-14/h4-10,13H,3,11-12H2,1-2H3,(H,24,28)(H,25,27). The van der Waals surface area contributed by atoms with Gasteiger partial charge in [-0.3, -0.25) is 14.5 Å². The average Bonchev–Trinajstić information content (AvgIpc) is 2.68. The zero-order valence-corrected chi connectivity index (χ0v) is 16.4. The molecule has 0 saturated heterocycles. The molecule has 0 saturated carbocycles. The van der Waals surface area contributed by atoms with Gasteiger partial charge in [-0.25, -0.2) is 8.78 Å². The van der Waals surface area contributed by atoms with Crippen LogP contribution in [0.4, 0.5) is 14.5 Å². The molecule has 0 aliphatic rings. The first kappa shape index (κ1) is 21.8. The number of hydrogen-bond acceptors (Lipinski definition) is 3. The van der Waals surface area contributed by atoms with Crippen molar-refractivity contribution in [2.45, 2.75) is 26.4 Å². The van der Waals surface area contributed by atoms with Crippen molar-refractivity contribution >= 4 is 29.1 Å². The van der Waals surface area contributed by atoms with Crippen molar-refractivity contribution in [2.24, 2.45) is 0 Å². The van der Waals surface area contributed by atoms with Crippen molar-refractivity contribution in [1.29, 1.82) is 0 Å². The second-order valence-electron chi connectivity index (χ2n) is 6.23. The van der Waals surface area contributed by atoms with E-state index in [1.807, 2.05) is 0 Å². The Kier molecular flexibility index (Phi) is 7.90. The van der Waals surface area contributed by atoms with Gasteiger partial charge in [-0.05, 0) is 43.3 Å². The highest BCUT2D eigenvalue weighted by molar-refractivity contribution is 6.30. The Morgan fingerprint density at radius 2 is 1.71 bits per heavy atom. The number of rotatable bonds is 8. The van der Waals surface area contributed by atoms with Crippen molar-refractivity contribution < 1.29 is 18.4 Å². The van der Waals surface area contributed by atoms with Crippen LogP contribution in [-0.2, 0) is 16.1 Å². The van der Waals surface area contributed by atoms with Crippen molar-refractivity contribution in [1.82, 2.24) is 10.2 Å². The van der Waals surface area contributed by atoms with Gasteiger partial charge in [0.2, 0.25) is 11.8 Å². The van der Waals surface area contributed by atoms with E-state index in [2.05, 4.69) is 10.6 Å². The van der Waals surface area contributed by atoms with E-state index in [9.17, 15) is 18.4 Å². The van der Waals surface area contributed by atoms with Crippen LogP contribution in [0, 0.1) is 11.6 Å². The van der Waals surface area contributed by atoms with Gasteiger partial charge < -0.3 is 10.6 Å². The second-order valence-corrected chi connectivity index (χ2v) is 6.66. The topological polar surface area (TPSA) is 61.4 Å². The first-order chi connectivity index (χ1) is 13.3. The summed E-state index contributed by atoms with van der Waals surface area (Å²) in [6, 6.07) is 9.81. The summed E-state index contributed by atoms with van der Waals surface area (Å²) in [5.74, 6) is -2.58. The van der Waals surface area contributed by atoms with Crippen molar-refractivity contribution in [3.8, 4) is 0 Å². The van der Waals surface area contributed by atoms with E-state index in [0.717, 1.165) is 17.7 Å². The number of carbonyl (C=O) groups excluding carboxylic acids is 2. The van der Waals surface area contributed by atoms with Crippen LogP contribution >= 0.6 is 11.6 Å². The summed E-state index contributed by atoms with van der Waals surface area (Å²) in [7, 11) is 0. The first-order valence-electron chi connectivity index (χ1n) is 8.82. The molecule has 2 aromatic carbocycles. The molecule has 2 N–H and O–H groups in total. The average molecular weight is 410 g/mol. The van der Waals surface area contributed by atoms with E-state index in [1.54, 1.807) is 43.0 Å². The molecule has 8 heteroatoms. The third-order valence-electron chi connectivity index (χ3n) is 4.29. The van der Waals surface area contributed by atoms with Crippen LogP contribution < -0.4 is 10.6 Å². The summed E-state index contributed by atoms with van der Waals surface area (Å²) in [5.41, 5.74) is 0.393. The fourth-order valence-corrected chi connectivity index (χ4v) is 2.73. The van der Waals surface area contributed by atoms with Gasteiger partial charge in [0, 0.05) is 11.6 Å². The van der Waals surface area contributed by atoms with Gasteiger partial charge in [0.15, 0.2) is 0 Å². The van der Waals surface area contributed by atoms with Gasteiger partial charge in [-0.2, -0.15) is 0 Å². The van der Waals surface area contributed by atoms with Crippen LogP contribution in [0.1, 0.15) is 19.4 Å². The Balaban J connectivity index is 1.92. The highest BCUT2D eigenvalue weighted by Gasteiger charge is 2.23. The zero-order valence-electron chi connectivity index (χ0n) is 15.6. The predicted molar refractivity (Wildman–Crippen MR) is 105 cm³/mol. The number of hydrogen-bond donors (Lipinski definition) is 2. The molecule has 0 radical (unpaired) electrons. The van der Waals surface area contributed by atoms with Crippen molar-refractivity contribution in [3.63, 3.8) is 0 Å². The van der Waals surface area contributed by atoms with Crippen LogP contribution in [0.5, 0.6) is 0 Å². The molecule has 2 rings (SSSR count). The Bertz CT molecular complexity index is 810. The molecule has 1 unspecified atom stereocenters. The maximum absolute atomic E-state index is 13.7. The van der Waals surface area contributed by atoms with Crippen LogP contribution in [0.25, 0.3) is 0 Å². The minimum Gasteiger partial charge on any atom is -0.351 e. The van der Waals surface area contributed by atoms with Crippen LogP contribution in [0.3, 0.4) is 0 Å². The molecular weight excluding hydrogens is 388 g/mol. The lowest BCUT2D eigenvalue weighted by atomic mass is 10.2. The fourth-order valence-electron chi connectivity index (χ4n) is 2.61. The molecule has 0 spiro atoms. The van der Waals surface area contributed by atoms with E-state index >= 15 is 0 Å². The summed E-state index contributed by atoms with van der Waals surface area (Å²) in [4.78, 5) is 26.2. The molecule has 2 amide bonds. The minimum atomic E-state index is -0.856. The Labute approximate surface area is 167 Å². The molecule has 0 fully saturated rings. The predicted octanol–water partition coefficient (Wildman–Crippen LogP) is 3.58. The molecule has 1 atom stereocenters. The third kappa shape index (κ3) is 6.00. The zero-order chi connectivity index (χ0) is 20.7. The van der Waals surface area contributed by atoms with Crippen LogP contribution in [0.2, 0.25) is 5.02 Å². The number of para-hydroxylation sites is 1. The lowest BCUT2D eigenvalue weighted by Crippen LogP contribution is -2.47. The van der Waals surface area contributed by atoms with E-state index in [4.69, 9.17) is 11.6 Å². The lowest BCUT2D eigenvalue weighted by Gasteiger charge is -2.26. The number of carbonyl (C=O) groups is 2. The maximum atomic E-state index is 13.7. The summed E-state index contributed by atoms with van der Waals surface area (Å²) < 4.78 is 27.3. The summed E-state index contributed by atoms with van der Waals surface area (Å²) in [6.45, 7) is 4.00. The van der Waals surface area contributed by atoms with E-state index in [-0.39, 0.29) is 12.5 Å². The number of halogens is 3. The second kappa shape index (κ2) is 10.1. The minimum absolute atomic E-state index is 0.181. The van der Waals surface area contributed by atoms with Crippen LogP contribution in [0.15, 0.2) is 42.5 Å². The van der Waals surface area contributed by atoms with Crippen molar-refractivity contribution in [2.75, 3.05) is 18.4 Å². The van der Waals surface area contributed by atoms with Gasteiger partial charge in [0.1, 0.15) is 17.3 Å². The van der Waals surface area contributed by atoms with E-state index in [0.29, 0.717) is 18.1 Å². The summed E-state index contributed by atoms with van der Waals surface area (Å²) in [6.07, 6.45) is 0. The highest BCUT2D eigenvalue weighted by atomic mass is 35.5. The summed E-state index contributed by atoms with van der Waals surface area (Å²) in [5, 5.41) is 5.63. The molecule has 0 aliphatic heterocycles. The molecule has 2 aromatic rings. The van der Waals surface area contributed by atoms with E-state index in [1.165, 1.54) is 6.07 Å². The Morgan fingerprint density at radius 3 is 2.29 bits per heavy atom. The molecular formula is C20H22ClF2N3O2. The lowest BCUT2D eigenvalue weighted by molar-refractivity contribution is -0.127. The van der Waals surface area contributed by atoms with Gasteiger partial charge in [-0.15, -0.1) is 0 Å². The number of amides is 2. The van der Waals surface area contributed by atoms with Crippen molar-refractivity contribution in [3.05, 3.63) is 64.7 Å². The largest absolute Gasteiger partial charge is 0.351 e. The van der Waals surface area contributed by atoms with Crippen LogP contribution in [-0.4, -0.2) is 35.8 Å². The van der Waals surface area contributed by atoms with Gasteiger partial charge in [0.05, 0.1) is 12.6 Å². The Morgan fingerprint density at radius 1 is 1.11 bits per heavy atom. The Hall–Kier alpha value is -2.51. The third-order valence-corrected chi connectivity index (χ3v) is 4.54. The normalized spacial score (nSPS) is 11.9. The monoisotopic (exact) mass is 409 g/mol. The molecule has 0 aromatic heterocycles. The fraction of sp³-hybridized carbons (Fsp3) is 0.300. The maximum Gasteiger partial charge on any atom is 0.238 e. The molecule has 5 nitrogen and oxygen atoms in total. The number of nitrogens with zero attached hydrogens (tertiary/aromatic N) is 1. The number of likely N-dealkylation sites (N-methyl/N-ethyl adjacent to an activating group) is 1. The van der Waals surface area contributed by atoms with Gasteiger partial charge >= 0.3 is 0 Å². The summed E-state index contributed by atoms with van der Waals surface area (Å²) >= 11 is 5.83. The smallest absolute Gasteiger partial charge is 0.238 e. The number of nitrogens with one attached hydrogen (secondary N) is 2. The van der Waals surface area contributed by atoms with Gasteiger partial charge in [-0.1, -0.05) is 36.7 Å². The molecule has 0 heterocycles.